The van der Waals surface area contributed by atoms with Gasteiger partial charge in [-0.1, -0.05) is 12.1 Å². The van der Waals surface area contributed by atoms with E-state index in [1.54, 1.807) is 48.8 Å². The van der Waals surface area contributed by atoms with Gasteiger partial charge in [-0.3, -0.25) is 9.29 Å². The summed E-state index contributed by atoms with van der Waals surface area (Å²) in [5.41, 5.74) is 1.57. The van der Waals surface area contributed by atoms with Crippen LogP contribution in [0.2, 0.25) is 0 Å². The maximum atomic E-state index is 13.8. The Balaban J connectivity index is 1.85. The summed E-state index contributed by atoms with van der Waals surface area (Å²) in [6.07, 6.45) is 2.23. The summed E-state index contributed by atoms with van der Waals surface area (Å²) < 4.78 is 54.3. The monoisotopic (exact) mass is 591 g/mol. The molecule has 0 amide bonds. The summed E-state index contributed by atoms with van der Waals surface area (Å²) >= 11 is 0. The number of hydrogen-bond acceptors (Lipinski definition) is 11. The molecule has 0 unspecified atom stereocenters. The number of nitrogens with one attached hydrogen (secondary N) is 1. The highest BCUT2D eigenvalue weighted by molar-refractivity contribution is 7.93. The zero-order valence-corrected chi connectivity index (χ0v) is 25.6. The Morgan fingerprint density at radius 2 is 1.57 bits per heavy atom. The number of hydrogen-bond donors (Lipinski definition) is 1. The van der Waals surface area contributed by atoms with Crippen molar-refractivity contribution in [3.8, 4) is 34.6 Å². The lowest BCUT2D eigenvalue weighted by Gasteiger charge is -2.23. The Morgan fingerprint density at radius 3 is 2.14 bits per heavy atom. The third kappa shape index (κ3) is 6.68. The predicted octanol–water partition coefficient (Wildman–Crippen LogP) is -0.148. The van der Waals surface area contributed by atoms with Crippen molar-refractivity contribution in [2.45, 2.75) is 30.5 Å². The molecule has 0 radical (unpaired) electrons. The highest BCUT2D eigenvalue weighted by Gasteiger charge is 2.35. The number of rotatable bonds is 12. The molecule has 0 bridgehead atoms. The van der Waals surface area contributed by atoms with E-state index in [4.69, 9.17) is 18.9 Å². The topological polar surface area (TPSA) is 152 Å². The lowest BCUT2D eigenvalue weighted by atomic mass is 9.52. The van der Waals surface area contributed by atoms with Gasteiger partial charge in [0, 0.05) is 30.9 Å². The van der Waals surface area contributed by atoms with Crippen LogP contribution in [0.15, 0.2) is 48.8 Å². The van der Waals surface area contributed by atoms with E-state index in [2.05, 4.69) is 29.9 Å². The SMILES string of the molecule is BC(B)(B)Oc1cccc(-c2nnc(NS(=O)(=O)[C@@H](C)[C@H](OC)c3ncc(C)cn3)n2-c2c(OC)cccc2OC)n1. The van der Waals surface area contributed by atoms with E-state index >= 15 is 0 Å². The molecule has 0 aliphatic heterocycles. The number of anilines is 1. The van der Waals surface area contributed by atoms with E-state index in [0.29, 0.717) is 28.8 Å². The number of para-hydroxylation sites is 1. The Hall–Kier alpha value is -4.11. The molecule has 17 heteroatoms. The maximum absolute atomic E-state index is 13.8. The van der Waals surface area contributed by atoms with Crippen molar-refractivity contribution in [3.05, 3.63) is 60.2 Å². The van der Waals surface area contributed by atoms with Gasteiger partial charge in [0.05, 0.1) is 14.2 Å². The molecular weight excluding hydrogens is 559 g/mol. The van der Waals surface area contributed by atoms with E-state index in [-0.39, 0.29) is 17.6 Å². The summed E-state index contributed by atoms with van der Waals surface area (Å²) in [7, 11) is 5.96. The van der Waals surface area contributed by atoms with Crippen LogP contribution in [0.25, 0.3) is 17.2 Å². The average Bonchev–Trinajstić information content (AvgIpc) is 3.35. The van der Waals surface area contributed by atoms with Crippen molar-refractivity contribution in [2.75, 3.05) is 26.1 Å². The molecule has 42 heavy (non-hydrogen) atoms. The highest BCUT2D eigenvalue weighted by Crippen LogP contribution is 2.38. The molecule has 3 aromatic heterocycles. The van der Waals surface area contributed by atoms with Gasteiger partial charge in [0.2, 0.25) is 21.9 Å². The molecule has 13 nitrogen and oxygen atoms in total. The van der Waals surface area contributed by atoms with Gasteiger partial charge in [0.25, 0.3) is 0 Å². The molecule has 0 aliphatic rings. The number of aromatic nitrogens is 6. The van der Waals surface area contributed by atoms with Crippen molar-refractivity contribution in [2.24, 2.45) is 0 Å². The molecule has 1 N–H and O–H groups in total. The summed E-state index contributed by atoms with van der Waals surface area (Å²) in [4.78, 5) is 13.1. The molecule has 0 fully saturated rings. The molecule has 4 rings (SSSR count). The van der Waals surface area contributed by atoms with E-state index in [1.165, 1.54) is 32.8 Å². The molecule has 218 valence electrons. The van der Waals surface area contributed by atoms with Gasteiger partial charge in [-0.05, 0) is 37.6 Å². The highest BCUT2D eigenvalue weighted by atomic mass is 32.2. The molecule has 0 saturated carbocycles. The predicted molar refractivity (Wildman–Crippen MR) is 165 cm³/mol. The molecule has 2 atom stereocenters. The van der Waals surface area contributed by atoms with Gasteiger partial charge in [-0.15, -0.1) is 10.2 Å². The van der Waals surface area contributed by atoms with Gasteiger partial charge in [-0.25, -0.2) is 23.4 Å². The van der Waals surface area contributed by atoms with Crippen LogP contribution in [0.4, 0.5) is 5.95 Å². The number of benzene rings is 1. The first kappa shape index (κ1) is 30.8. The molecular formula is C25H32B3N7O6S. The largest absolute Gasteiger partial charge is 0.499 e. The van der Waals surface area contributed by atoms with Crippen LogP contribution in [0.3, 0.4) is 0 Å². The number of pyridine rings is 1. The lowest BCUT2D eigenvalue weighted by molar-refractivity contribution is 0.0949. The minimum Gasteiger partial charge on any atom is -0.499 e. The first-order valence-corrected chi connectivity index (χ1v) is 14.6. The first-order valence-electron chi connectivity index (χ1n) is 13.0. The van der Waals surface area contributed by atoms with Gasteiger partial charge in [0.15, 0.2) is 11.6 Å². The summed E-state index contributed by atoms with van der Waals surface area (Å²) in [6, 6.07) is 10.4. The standard InChI is InChI=1S/C25H32B3N7O6S/c1-14-12-29-22(30-13-14)21(40-5)15(2)42(36,37)34-24-33-32-23(16-8-6-11-19(31-16)41-25(26,27)28)35(24)20-17(38-3)9-7-10-18(20)39-4/h6-13,15,21H,26-28H2,1-5H3,(H,33,34)/t15-,21-/m0/s1. The molecule has 1 aromatic carbocycles. The number of aryl methyl sites for hydroxylation is 1. The smallest absolute Gasteiger partial charge is 0.243 e. The minimum absolute atomic E-state index is 0.122. The van der Waals surface area contributed by atoms with E-state index < -0.39 is 26.7 Å². The van der Waals surface area contributed by atoms with Gasteiger partial charge >= 0.3 is 0 Å². The minimum atomic E-state index is -4.16. The fourth-order valence-corrected chi connectivity index (χ4v) is 5.26. The van der Waals surface area contributed by atoms with Crippen LogP contribution in [0, 0.1) is 6.92 Å². The molecule has 4 aromatic rings. The Labute approximate surface area is 247 Å². The van der Waals surface area contributed by atoms with E-state index in [9.17, 15) is 8.42 Å². The van der Waals surface area contributed by atoms with Crippen molar-refractivity contribution in [3.63, 3.8) is 0 Å². The fraction of sp³-hybridized carbons (Fsp3) is 0.320. The van der Waals surface area contributed by atoms with Crippen LogP contribution in [0.1, 0.15) is 24.4 Å². The molecule has 0 spiro atoms. The lowest BCUT2D eigenvalue weighted by Crippen LogP contribution is -2.37. The van der Waals surface area contributed by atoms with Crippen LogP contribution in [-0.4, -0.2) is 93.6 Å². The van der Waals surface area contributed by atoms with Gasteiger partial charge < -0.3 is 18.9 Å². The second-order valence-electron chi connectivity index (χ2n) is 10.4. The molecule has 3 heterocycles. The number of nitrogens with zero attached hydrogens (tertiary/aromatic N) is 6. The van der Waals surface area contributed by atoms with Gasteiger partial charge in [0.1, 0.15) is 57.8 Å². The van der Waals surface area contributed by atoms with Crippen LogP contribution in [-0.2, 0) is 14.8 Å². The fourth-order valence-electron chi connectivity index (χ4n) is 4.13. The second kappa shape index (κ2) is 12.4. The number of methoxy groups -OCH3 is 3. The summed E-state index contributed by atoms with van der Waals surface area (Å²) in [6.45, 7) is 3.34. The van der Waals surface area contributed by atoms with Crippen molar-refractivity contribution < 1.29 is 27.4 Å². The first-order chi connectivity index (χ1) is 19.9. The average molecular weight is 591 g/mol. The van der Waals surface area contributed by atoms with Crippen molar-refractivity contribution in [1.82, 2.24) is 29.7 Å². The maximum Gasteiger partial charge on any atom is 0.243 e. The number of sulfonamides is 1. The van der Waals surface area contributed by atoms with E-state index in [0.717, 1.165) is 5.56 Å². The third-order valence-electron chi connectivity index (χ3n) is 6.11. The Bertz CT molecular complexity index is 1630. The number of ether oxygens (including phenoxy) is 4. The molecule has 0 saturated heterocycles. The Kier molecular flexibility index (Phi) is 9.11. The van der Waals surface area contributed by atoms with Crippen LogP contribution < -0.4 is 18.9 Å². The van der Waals surface area contributed by atoms with Crippen LogP contribution in [0.5, 0.6) is 17.4 Å². The van der Waals surface area contributed by atoms with Gasteiger partial charge in [-0.2, -0.15) is 0 Å². The van der Waals surface area contributed by atoms with Crippen molar-refractivity contribution >= 4 is 39.5 Å². The van der Waals surface area contributed by atoms with E-state index in [1.807, 2.05) is 30.5 Å². The summed E-state index contributed by atoms with van der Waals surface area (Å²) in [5.74, 6) is 1.45. The van der Waals surface area contributed by atoms with Crippen molar-refractivity contribution in [1.29, 1.82) is 0 Å². The zero-order valence-electron chi connectivity index (χ0n) is 24.8. The summed E-state index contributed by atoms with van der Waals surface area (Å²) in [5, 5.41) is 6.92. The quantitative estimate of drug-likeness (QED) is 0.219. The normalized spacial score (nSPS) is 13.3. The molecule has 0 aliphatic carbocycles. The Morgan fingerprint density at radius 1 is 0.952 bits per heavy atom. The zero-order chi connectivity index (χ0) is 30.7. The third-order valence-corrected chi connectivity index (χ3v) is 7.80. The second-order valence-corrected chi connectivity index (χ2v) is 12.4. The van der Waals surface area contributed by atoms with Crippen LogP contribution >= 0.6 is 0 Å².